The zero-order chi connectivity index (χ0) is 16.3. The fourth-order valence-corrected chi connectivity index (χ4v) is 1.86. The third-order valence-electron chi connectivity index (χ3n) is 2.75. The highest BCUT2D eigenvalue weighted by Crippen LogP contribution is 2.24. The molecule has 0 amide bonds. The lowest BCUT2D eigenvalue weighted by atomic mass is 10.1. The van der Waals surface area contributed by atoms with Crippen LogP contribution in [-0.4, -0.2) is 31.2 Å². The zero-order valence-corrected chi connectivity index (χ0v) is 13.9. The quantitative estimate of drug-likeness (QED) is 0.607. The highest BCUT2D eigenvalue weighted by Gasteiger charge is 2.15. The number of hydrogen-bond donors (Lipinski definition) is 0. The molecule has 1 aliphatic rings. The maximum atomic E-state index is 10.7. The van der Waals surface area contributed by atoms with E-state index in [2.05, 4.69) is 18.7 Å². The van der Waals surface area contributed by atoms with Gasteiger partial charge in [-0.05, 0) is 19.1 Å². The van der Waals surface area contributed by atoms with Gasteiger partial charge in [-0.1, -0.05) is 34.1 Å². The van der Waals surface area contributed by atoms with E-state index in [4.69, 9.17) is 4.74 Å². The van der Waals surface area contributed by atoms with Crippen molar-refractivity contribution >= 4 is 11.4 Å². The van der Waals surface area contributed by atoms with Crippen LogP contribution in [0.4, 0.5) is 11.4 Å². The molecule has 0 bridgehead atoms. The molecule has 0 radical (unpaired) electrons. The van der Waals surface area contributed by atoms with Crippen molar-refractivity contribution in [1.82, 2.24) is 0 Å². The molecule has 0 atom stereocenters. The molecule has 0 saturated carbocycles. The van der Waals surface area contributed by atoms with Gasteiger partial charge in [-0.15, -0.1) is 0 Å². The fraction of sp³-hybridized carbons (Fsp3) is 0.625. The molecular weight excluding hydrogens is 268 g/mol. The van der Waals surface area contributed by atoms with E-state index in [1.807, 2.05) is 19.9 Å². The van der Waals surface area contributed by atoms with Crippen LogP contribution >= 0.6 is 0 Å². The van der Waals surface area contributed by atoms with Crippen LogP contribution in [-0.2, 0) is 4.74 Å². The Hall–Kier alpha value is -1.62. The molecular formula is C16H28N2O3. The summed E-state index contributed by atoms with van der Waals surface area (Å²) < 4.78 is 5.26. The third-order valence-corrected chi connectivity index (χ3v) is 2.75. The molecule has 5 heteroatoms. The van der Waals surface area contributed by atoms with Crippen molar-refractivity contribution in [2.24, 2.45) is 0 Å². The SMILES string of the molecule is CC.CCC.Cc1cc(N2CCOCC2)ccc1[N+](=O)[O-]. The minimum Gasteiger partial charge on any atom is -0.378 e. The summed E-state index contributed by atoms with van der Waals surface area (Å²) in [6.45, 7) is 13.1. The van der Waals surface area contributed by atoms with Crippen LogP contribution in [0, 0.1) is 17.0 Å². The van der Waals surface area contributed by atoms with Gasteiger partial charge in [0.05, 0.1) is 18.1 Å². The molecule has 0 N–H and O–H groups in total. The van der Waals surface area contributed by atoms with Gasteiger partial charge < -0.3 is 9.64 Å². The van der Waals surface area contributed by atoms with Crippen molar-refractivity contribution in [1.29, 1.82) is 0 Å². The molecule has 1 aromatic rings. The number of ether oxygens (including phenoxy) is 1. The minimum absolute atomic E-state index is 0.178. The minimum atomic E-state index is -0.349. The number of rotatable bonds is 2. The van der Waals surface area contributed by atoms with E-state index in [-0.39, 0.29) is 10.6 Å². The van der Waals surface area contributed by atoms with Gasteiger partial charge in [0.1, 0.15) is 0 Å². The van der Waals surface area contributed by atoms with Gasteiger partial charge in [-0.3, -0.25) is 10.1 Å². The summed E-state index contributed by atoms with van der Waals surface area (Å²) in [5.74, 6) is 0. The predicted octanol–water partition coefficient (Wildman–Crippen LogP) is 4.18. The van der Waals surface area contributed by atoms with Crippen molar-refractivity contribution in [3.8, 4) is 0 Å². The predicted molar refractivity (Wildman–Crippen MR) is 88.2 cm³/mol. The molecule has 0 aliphatic carbocycles. The Kier molecular flexibility index (Phi) is 10.2. The smallest absolute Gasteiger partial charge is 0.272 e. The topological polar surface area (TPSA) is 55.6 Å². The molecule has 1 aromatic carbocycles. The number of anilines is 1. The molecule has 120 valence electrons. The monoisotopic (exact) mass is 296 g/mol. The van der Waals surface area contributed by atoms with Crippen molar-refractivity contribution in [3.63, 3.8) is 0 Å². The molecule has 0 unspecified atom stereocenters. The second-order valence-electron chi connectivity index (χ2n) is 4.53. The van der Waals surface area contributed by atoms with E-state index in [1.165, 1.54) is 6.42 Å². The Morgan fingerprint density at radius 2 is 1.76 bits per heavy atom. The molecule has 1 heterocycles. The van der Waals surface area contributed by atoms with Gasteiger partial charge in [0.25, 0.3) is 5.69 Å². The van der Waals surface area contributed by atoms with Gasteiger partial charge in [0.15, 0.2) is 0 Å². The van der Waals surface area contributed by atoms with Crippen LogP contribution in [0.15, 0.2) is 18.2 Å². The van der Waals surface area contributed by atoms with Gasteiger partial charge in [0.2, 0.25) is 0 Å². The van der Waals surface area contributed by atoms with Crippen LogP contribution in [0.25, 0.3) is 0 Å². The lowest BCUT2D eigenvalue weighted by Gasteiger charge is -2.28. The van der Waals surface area contributed by atoms with E-state index in [1.54, 1.807) is 19.1 Å². The molecule has 0 aromatic heterocycles. The molecule has 5 nitrogen and oxygen atoms in total. The molecule has 0 spiro atoms. The lowest BCUT2D eigenvalue weighted by Crippen LogP contribution is -2.36. The molecule has 21 heavy (non-hydrogen) atoms. The summed E-state index contributed by atoms with van der Waals surface area (Å²) in [5.41, 5.74) is 1.91. The summed E-state index contributed by atoms with van der Waals surface area (Å²) in [6.07, 6.45) is 1.25. The number of hydrogen-bond acceptors (Lipinski definition) is 4. The largest absolute Gasteiger partial charge is 0.378 e. The van der Waals surface area contributed by atoms with Crippen LogP contribution < -0.4 is 4.90 Å². The Morgan fingerprint density at radius 3 is 2.19 bits per heavy atom. The average Bonchev–Trinajstić information content (AvgIpc) is 2.50. The van der Waals surface area contributed by atoms with Crippen LogP contribution in [0.3, 0.4) is 0 Å². The first-order valence-corrected chi connectivity index (χ1v) is 7.67. The van der Waals surface area contributed by atoms with Gasteiger partial charge >= 0.3 is 0 Å². The Balaban J connectivity index is 0.000000713. The van der Waals surface area contributed by atoms with Gasteiger partial charge in [-0.2, -0.15) is 0 Å². The summed E-state index contributed by atoms with van der Waals surface area (Å²) >= 11 is 0. The fourth-order valence-electron chi connectivity index (χ4n) is 1.86. The maximum absolute atomic E-state index is 10.7. The first-order valence-electron chi connectivity index (χ1n) is 7.67. The number of morpholine rings is 1. The first kappa shape index (κ1) is 19.4. The van der Waals surface area contributed by atoms with Gasteiger partial charge in [-0.25, -0.2) is 0 Å². The van der Waals surface area contributed by atoms with E-state index < -0.39 is 0 Å². The third kappa shape index (κ3) is 6.58. The van der Waals surface area contributed by atoms with Crippen LogP contribution in [0.2, 0.25) is 0 Å². The second kappa shape index (κ2) is 11.1. The second-order valence-corrected chi connectivity index (χ2v) is 4.53. The van der Waals surface area contributed by atoms with E-state index in [0.717, 1.165) is 32.0 Å². The Labute approximate surface area is 128 Å². The van der Waals surface area contributed by atoms with Gasteiger partial charge in [0, 0.05) is 30.4 Å². The van der Waals surface area contributed by atoms with Crippen LogP contribution in [0.5, 0.6) is 0 Å². The summed E-state index contributed by atoms with van der Waals surface area (Å²) in [4.78, 5) is 12.5. The van der Waals surface area contributed by atoms with E-state index in [9.17, 15) is 10.1 Å². The number of aryl methyl sites for hydroxylation is 1. The number of nitro groups is 1. The number of nitro benzene ring substituents is 1. The Morgan fingerprint density at radius 1 is 1.24 bits per heavy atom. The lowest BCUT2D eigenvalue weighted by molar-refractivity contribution is -0.385. The van der Waals surface area contributed by atoms with Crippen LogP contribution in [0.1, 0.15) is 39.7 Å². The highest BCUT2D eigenvalue weighted by atomic mass is 16.6. The molecule has 1 aliphatic heterocycles. The summed E-state index contributed by atoms with van der Waals surface area (Å²) in [5, 5.41) is 10.7. The van der Waals surface area contributed by atoms with Crippen molar-refractivity contribution < 1.29 is 9.66 Å². The molecule has 2 rings (SSSR count). The molecule has 1 fully saturated rings. The average molecular weight is 296 g/mol. The zero-order valence-electron chi connectivity index (χ0n) is 13.9. The number of nitrogens with zero attached hydrogens (tertiary/aromatic N) is 2. The summed E-state index contributed by atoms with van der Waals surface area (Å²) in [6, 6.07) is 5.24. The van der Waals surface area contributed by atoms with E-state index >= 15 is 0 Å². The Bertz CT molecular complexity index is 416. The van der Waals surface area contributed by atoms with Crippen molar-refractivity contribution in [2.45, 2.75) is 41.0 Å². The standard InChI is InChI=1S/C11H14N2O3.C3H8.C2H6/c1-9-8-10(2-3-11(9)13(14)15)12-4-6-16-7-5-12;1-3-2;1-2/h2-3,8H,4-7H2,1H3;3H2,1-2H3;1-2H3. The first-order chi connectivity index (χ1) is 10.1. The van der Waals surface area contributed by atoms with E-state index in [0.29, 0.717) is 5.56 Å². The number of benzene rings is 1. The maximum Gasteiger partial charge on any atom is 0.272 e. The highest BCUT2D eigenvalue weighted by molar-refractivity contribution is 5.55. The molecule has 1 saturated heterocycles. The summed E-state index contributed by atoms with van der Waals surface area (Å²) in [7, 11) is 0. The van der Waals surface area contributed by atoms with Crippen molar-refractivity contribution in [3.05, 3.63) is 33.9 Å². The normalized spacial score (nSPS) is 13.5. The van der Waals surface area contributed by atoms with Crippen molar-refractivity contribution in [2.75, 3.05) is 31.2 Å².